The van der Waals surface area contributed by atoms with Crippen LogP contribution in [0.25, 0.3) is 5.69 Å². The number of carbonyl (C=O) groups excluding carboxylic acids is 1. The third-order valence-electron chi connectivity index (χ3n) is 3.68. The Balaban J connectivity index is 1.90. The van der Waals surface area contributed by atoms with Crippen molar-refractivity contribution in [3.63, 3.8) is 0 Å². The SMILES string of the molecule is Cc1c(Cl)cccc1NC(=O)c1nnn(-c2cccc(Br)c2)c1C. The molecule has 5 nitrogen and oxygen atoms in total. The van der Waals surface area contributed by atoms with Crippen LogP contribution in [0.3, 0.4) is 0 Å². The van der Waals surface area contributed by atoms with E-state index >= 15 is 0 Å². The monoisotopic (exact) mass is 404 g/mol. The van der Waals surface area contributed by atoms with Crippen LogP contribution < -0.4 is 5.32 Å². The average molecular weight is 406 g/mol. The summed E-state index contributed by atoms with van der Waals surface area (Å²) in [4.78, 5) is 12.5. The van der Waals surface area contributed by atoms with Crippen LogP contribution in [0.4, 0.5) is 5.69 Å². The van der Waals surface area contributed by atoms with Crippen molar-refractivity contribution in [1.29, 1.82) is 0 Å². The second-order valence-corrected chi connectivity index (χ2v) is 6.60. The zero-order chi connectivity index (χ0) is 17.3. The summed E-state index contributed by atoms with van der Waals surface area (Å²) in [5.74, 6) is -0.320. The van der Waals surface area contributed by atoms with E-state index in [1.807, 2.05) is 31.2 Å². The molecule has 0 unspecified atom stereocenters. The van der Waals surface area contributed by atoms with Crippen LogP contribution in [0.2, 0.25) is 5.02 Å². The Labute approximate surface area is 152 Å². The highest BCUT2D eigenvalue weighted by molar-refractivity contribution is 9.10. The lowest BCUT2D eigenvalue weighted by atomic mass is 10.2. The number of benzene rings is 2. The summed E-state index contributed by atoms with van der Waals surface area (Å²) in [6, 6.07) is 13.0. The summed E-state index contributed by atoms with van der Waals surface area (Å²) in [5.41, 5.74) is 3.22. The Morgan fingerprint density at radius 2 is 1.96 bits per heavy atom. The molecule has 7 heteroatoms. The summed E-state index contributed by atoms with van der Waals surface area (Å²) in [6.45, 7) is 3.66. The quantitative estimate of drug-likeness (QED) is 0.695. The fourth-order valence-corrected chi connectivity index (χ4v) is 2.88. The summed E-state index contributed by atoms with van der Waals surface area (Å²) >= 11 is 9.51. The van der Waals surface area contributed by atoms with E-state index in [-0.39, 0.29) is 11.6 Å². The van der Waals surface area contributed by atoms with Gasteiger partial charge in [-0.3, -0.25) is 4.79 Å². The van der Waals surface area contributed by atoms with Crippen molar-refractivity contribution in [2.75, 3.05) is 5.32 Å². The second kappa shape index (κ2) is 6.75. The molecule has 0 spiro atoms. The number of amides is 1. The van der Waals surface area contributed by atoms with E-state index in [1.54, 1.807) is 29.8 Å². The Hall–Kier alpha value is -2.18. The predicted molar refractivity (Wildman–Crippen MR) is 97.9 cm³/mol. The first-order valence-corrected chi connectivity index (χ1v) is 8.39. The van der Waals surface area contributed by atoms with E-state index in [4.69, 9.17) is 11.6 Å². The molecule has 2 aromatic carbocycles. The van der Waals surface area contributed by atoms with E-state index in [0.717, 1.165) is 15.7 Å². The minimum atomic E-state index is -0.320. The molecule has 1 heterocycles. The molecule has 0 aliphatic heterocycles. The minimum absolute atomic E-state index is 0.273. The van der Waals surface area contributed by atoms with Crippen LogP contribution >= 0.6 is 27.5 Å². The maximum Gasteiger partial charge on any atom is 0.278 e. The molecule has 0 saturated carbocycles. The highest BCUT2D eigenvalue weighted by Crippen LogP contribution is 2.24. The largest absolute Gasteiger partial charge is 0.320 e. The van der Waals surface area contributed by atoms with E-state index in [0.29, 0.717) is 16.4 Å². The molecule has 1 N–H and O–H groups in total. The van der Waals surface area contributed by atoms with Crippen LogP contribution in [-0.4, -0.2) is 20.9 Å². The lowest BCUT2D eigenvalue weighted by Crippen LogP contribution is -2.15. The molecule has 3 rings (SSSR count). The van der Waals surface area contributed by atoms with Crippen molar-refractivity contribution in [2.45, 2.75) is 13.8 Å². The van der Waals surface area contributed by atoms with Gasteiger partial charge in [0.1, 0.15) is 0 Å². The molecule has 122 valence electrons. The Kier molecular flexibility index (Phi) is 4.69. The first-order valence-electron chi connectivity index (χ1n) is 7.22. The van der Waals surface area contributed by atoms with Gasteiger partial charge in [-0.15, -0.1) is 5.10 Å². The molecule has 0 saturated heterocycles. The first-order chi connectivity index (χ1) is 11.5. The van der Waals surface area contributed by atoms with Crippen molar-refractivity contribution in [3.05, 3.63) is 68.9 Å². The van der Waals surface area contributed by atoms with Gasteiger partial charge in [0.05, 0.1) is 11.4 Å². The molecule has 24 heavy (non-hydrogen) atoms. The lowest BCUT2D eigenvalue weighted by Gasteiger charge is -2.09. The topological polar surface area (TPSA) is 59.8 Å². The molecule has 0 radical (unpaired) electrons. The molecular weight excluding hydrogens is 392 g/mol. The van der Waals surface area contributed by atoms with Crippen LogP contribution in [0.15, 0.2) is 46.9 Å². The molecule has 0 atom stereocenters. The number of hydrogen-bond acceptors (Lipinski definition) is 3. The molecule has 1 aromatic heterocycles. The number of nitrogens with zero attached hydrogens (tertiary/aromatic N) is 3. The molecule has 3 aromatic rings. The average Bonchev–Trinajstić information content (AvgIpc) is 2.93. The smallest absolute Gasteiger partial charge is 0.278 e. The van der Waals surface area contributed by atoms with E-state index in [2.05, 4.69) is 31.6 Å². The van der Waals surface area contributed by atoms with Gasteiger partial charge in [-0.1, -0.05) is 44.9 Å². The van der Waals surface area contributed by atoms with Crippen molar-refractivity contribution >= 4 is 39.1 Å². The number of carbonyl (C=O) groups is 1. The predicted octanol–water partition coefficient (Wildman–Crippen LogP) is 4.55. The number of nitrogens with one attached hydrogen (secondary N) is 1. The molecule has 0 bridgehead atoms. The van der Waals surface area contributed by atoms with Crippen LogP contribution in [0.1, 0.15) is 21.7 Å². The van der Waals surface area contributed by atoms with Gasteiger partial charge in [0, 0.05) is 15.2 Å². The van der Waals surface area contributed by atoms with Crippen molar-refractivity contribution in [3.8, 4) is 5.69 Å². The molecule has 0 aliphatic rings. The number of halogens is 2. The summed E-state index contributed by atoms with van der Waals surface area (Å²) < 4.78 is 2.56. The summed E-state index contributed by atoms with van der Waals surface area (Å²) in [5, 5.41) is 11.5. The van der Waals surface area contributed by atoms with Crippen LogP contribution in [0.5, 0.6) is 0 Å². The van der Waals surface area contributed by atoms with Gasteiger partial charge < -0.3 is 5.32 Å². The maximum atomic E-state index is 12.5. The second-order valence-electron chi connectivity index (χ2n) is 5.28. The van der Waals surface area contributed by atoms with Gasteiger partial charge in [0.25, 0.3) is 5.91 Å². The van der Waals surface area contributed by atoms with Gasteiger partial charge in [0.15, 0.2) is 5.69 Å². The molecule has 0 aliphatic carbocycles. The van der Waals surface area contributed by atoms with Gasteiger partial charge in [-0.2, -0.15) is 0 Å². The van der Waals surface area contributed by atoms with Gasteiger partial charge in [0.2, 0.25) is 0 Å². The molecule has 0 fully saturated rings. The number of anilines is 1. The van der Waals surface area contributed by atoms with E-state index in [9.17, 15) is 4.79 Å². The lowest BCUT2D eigenvalue weighted by molar-refractivity contribution is 0.102. The Morgan fingerprint density at radius 3 is 2.71 bits per heavy atom. The third-order valence-corrected chi connectivity index (χ3v) is 4.58. The zero-order valence-corrected chi connectivity index (χ0v) is 15.4. The fourth-order valence-electron chi connectivity index (χ4n) is 2.32. The number of rotatable bonds is 3. The highest BCUT2D eigenvalue weighted by atomic mass is 79.9. The Morgan fingerprint density at radius 1 is 1.21 bits per heavy atom. The van der Waals surface area contributed by atoms with Crippen LogP contribution in [-0.2, 0) is 0 Å². The van der Waals surface area contributed by atoms with Gasteiger partial charge in [-0.25, -0.2) is 4.68 Å². The van der Waals surface area contributed by atoms with Crippen molar-refractivity contribution in [2.24, 2.45) is 0 Å². The molecule has 1 amide bonds. The normalized spacial score (nSPS) is 10.7. The van der Waals surface area contributed by atoms with E-state index < -0.39 is 0 Å². The minimum Gasteiger partial charge on any atom is -0.320 e. The number of aromatic nitrogens is 3. The highest BCUT2D eigenvalue weighted by Gasteiger charge is 2.18. The fraction of sp³-hybridized carbons (Fsp3) is 0.118. The standard InChI is InChI=1S/C17H14BrClN4O/c1-10-14(19)7-4-8-15(10)20-17(24)16-11(2)23(22-21-16)13-6-3-5-12(18)9-13/h3-9H,1-2H3,(H,20,24). The van der Waals surface area contributed by atoms with Gasteiger partial charge >= 0.3 is 0 Å². The summed E-state index contributed by atoms with van der Waals surface area (Å²) in [6.07, 6.45) is 0. The van der Waals surface area contributed by atoms with Gasteiger partial charge in [-0.05, 0) is 49.7 Å². The van der Waals surface area contributed by atoms with Crippen molar-refractivity contribution in [1.82, 2.24) is 15.0 Å². The summed E-state index contributed by atoms with van der Waals surface area (Å²) in [7, 11) is 0. The van der Waals surface area contributed by atoms with Crippen LogP contribution in [0, 0.1) is 13.8 Å². The zero-order valence-electron chi connectivity index (χ0n) is 13.0. The first kappa shape index (κ1) is 16.7. The third kappa shape index (κ3) is 3.20. The van der Waals surface area contributed by atoms with E-state index in [1.165, 1.54) is 0 Å². The Bertz CT molecular complexity index is 923. The number of hydrogen-bond donors (Lipinski definition) is 1. The maximum absolute atomic E-state index is 12.5. The molecular formula is C17H14BrClN4O. The van der Waals surface area contributed by atoms with Crippen molar-refractivity contribution < 1.29 is 4.79 Å².